The Labute approximate surface area is 90.8 Å². The summed E-state index contributed by atoms with van der Waals surface area (Å²) in [4.78, 5) is 2.83. The highest BCUT2D eigenvalue weighted by Gasteiger charge is 2.14. The molecule has 0 spiro atoms. The van der Waals surface area contributed by atoms with Gasteiger partial charge in [-0.3, -0.25) is 0 Å². The smallest absolute Gasteiger partial charge is 0.212 e. The molecule has 0 radical (unpaired) electrons. The second-order valence-electron chi connectivity index (χ2n) is 3.36. The molecule has 0 atom stereocenters. The van der Waals surface area contributed by atoms with Gasteiger partial charge in [0.05, 0.1) is 5.41 Å². The van der Waals surface area contributed by atoms with Crippen LogP contribution in [0.1, 0.15) is 0 Å². The van der Waals surface area contributed by atoms with E-state index in [2.05, 4.69) is 0 Å². The summed E-state index contributed by atoms with van der Waals surface area (Å²) >= 11 is 0. The zero-order valence-electron chi connectivity index (χ0n) is 9.30. The lowest BCUT2D eigenvalue weighted by Crippen LogP contribution is -2.08. The number of nitriles is 1. The Morgan fingerprint density at radius 1 is 1.20 bits per heavy atom. The third kappa shape index (κ3) is 5.08. The second kappa shape index (κ2) is 5.41. The first kappa shape index (κ1) is 13.5. The Hall–Kier alpha value is -1.48. The lowest BCUT2D eigenvalue weighted by atomic mass is 10.6. The molecule has 0 rings (SSSR count). The van der Waals surface area contributed by atoms with Crippen molar-refractivity contribution in [2.24, 2.45) is 0 Å². The van der Waals surface area contributed by atoms with Crippen molar-refractivity contribution in [3.63, 3.8) is 0 Å². The molecule has 0 aromatic carbocycles. The van der Waals surface area contributed by atoms with E-state index >= 15 is 0 Å². The molecule has 0 amide bonds. The first-order chi connectivity index (χ1) is 6.79. The Morgan fingerprint density at radius 3 is 2.07 bits per heavy atom. The summed E-state index contributed by atoms with van der Waals surface area (Å²) in [6.07, 6.45) is 2.66. The van der Waals surface area contributed by atoms with Gasteiger partial charge in [-0.15, -0.1) is 0 Å². The van der Waals surface area contributed by atoms with Crippen molar-refractivity contribution in [1.82, 2.24) is 9.80 Å². The number of sulfone groups is 1. The Kier molecular flexibility index (Phi) is 4.88. The zero-order chi connectivity index (χ0) is 12.1. The summed E-state index contributed by atoms with van der Waals surface area (Å²) < 4.78 is 23.1. The van der Waals surface area contributed by atoms with Crippen LogP contribution in [-0.2, 0) is 9.84 Å². The van der Waals surface area contributed by atoms with Gasteiger partial charge in [-0.05, 0) is 0 Å². The molecule has 15 heavy (non-hydrogen) atoms. The van der Waals surface area contributed by atoms with Crippen molar-refractivity contribution in [2.45, 2.75) is 0 Å². The van der Waals surface area contributed by atoms with Crippen LogP contribution in [0.4, 0.5) is 0 Å². The lowest BCUT2D eigenvalue weighted by Gasteiger charge is -2.06. The van der Waals surface area contributed by atoms with E-state index in [1.807, 2.05) is 0 Å². The van der Waals surface area contributed by atoms with Gasteiger partial charge in [-0.1, -0.05) is 0 Å². The quantitative estimate of drug-likeness (QED) is 0.651. The van der Waals surface area contributed by atoms with Crippen molar-refractivity contribution < 1.29 is 8.42 Å². The largest absolute Gasteiger partial charge is 0.383 e. The summed E-state index contributed by atoms with van der Waals surface area (Å²) in [5, 5.41) is 9.71. The molecule has 84 valence electrons. The Bertz CT molecular complexity index is 400. The summed E-state index contributed by atoms with van der Waals surface area (Å²) in [7, 11) is 3.09. The zero-order valence-corrected chi connectivity index (χ0v) is 10.1. The highest BCUT2D eigenvalue weighted by molar-refractivity contribution is 7.98. The minimum absolute atomic E-state index is 0.273. The van der Waals surface area contributed by atoms with Crippen LogP contribution in [0.5, 0.6) is 0 Å². The van der Waals surface area contributed by atoms with Crippen LogP contribution < -0.4 is 0 Å². The Balaban J connectivity index is 5.12. The number of allylic oxidation sites excluding steroid dienone is 1. The fourth-order valence-electron chi connectivity index (χ4n) is 0.676. The van der Waals surface area contributed by atoms with Crippen LogP contribution in [0.15, 0.2) is 22.7 Å². The summed E-state index contributed by atoms with van der Waals surface area (Å²) in [5.74, 6) is 0. The molecule has 0 aliphatic carbocycles. The molecule has 0 N–H and O–H groups in total. The molecule has 0 aliphatic heterocycles. The molecule has 0 saturated heterocycles. The van der Waals surface area contributed by atoms with Gasteiger partial charge in [-0.2, -0.15) is 5.26 Å². The molecule has 0 fully saturated rings. The number of hydrogen-bond acceptors (Lipinski definition) is 5. The van der Waals surface area contributed by atoms with Crippen LogP contribution in [0, 0.1) is 11.3 Å². The molecule has 5 nitrogen and oxygen atoms in total. The predicted molar refractivity (Wildman–Crippen MR) is 59.1 cm³/mol. The SMILES string of the molecule is CN(C)C=CS(=O)(=O)C(C#N)=CN(C)C. The maximum absolute atomic E-state index is 11.6. The lowest BCUT2D eigenvalue weighted by molar-refractivity contribution is 0.557. The highest BCUT2D eigenvalue weighted by Crippen LogP contribution is 2.08. The van der Waals surface area contributed by atoms with E-state index in [1.165, 1.54) is 17.3 Å². The van der Waals surface area contributed by atoms with Gasteiger partial charge in [0, 0.05) is 40.6 Å². The monoisotopic (exact) mass is 229 g/mol. The number of nitrogens with zero attached hydrogens (tertiary/aromatic N) is 3. The summed E-state index contributed by atoms with van der Waals surface area (Å²) in [6, 6.07) is 1.66. The minimum atomic E-state index is -3.63. The molecule has 0 aromatic rings. The van der Waals surface area contributed by atoms with Crippen molar-refractivity contribution in [3.05, 3.63) is 22.7 Å². The minimum Gasteiger partial charge on any atom is -0.383 e. The maximum Gasteiger partial charge on any atom is 0.212 e. The third-order valence-corrected chi connectivity index (χ3v) is 2.62. The first-order valence-electron chi connectivity index (χ1n) is 4.17. The summed E-state index contributed by atoms with van der Waals surface area (Å²) in [5.41, 5.74) is 0. The van der Waals surface area contributed by atoms with E-state index < -0.39 is 9.84 Å². The van der Waals surface area contributed by atoms with Gasteiger partial charge >= 0.3 is 0 Å². The third-order valence-electron chi connectivity index (χ3n) is 1.33. The predicted octanol–water partition coefficient (Wildman–Crippen LogP) is 0.361. The first-order valence-corrected chi connectivity index (χ1v) is 5.72. The maximum atomic E-state index is 11.6. The van der Waals surface area contributed by atoms with Crippen molar-refractivity contribution >= 4 is 9.84 Å². The van der Waals surface area contributed by atoms with Crippen molar-refractivity contribution in [3.8, 4) is 6.07 Å². The van der Waals surface area contributed by atoms with E-state index in [0.29, 0.717) is 0 Å². The molecule has 0 aromatic heterocycles. The van der Waals surface area contributed by atoms with Gasteiger partial charge in [0.25, 0.3) is 0 Å². The van der Waals surface area contributed by atoms with E-state index in [-0.39, 0.29) is 4.91 Å². The fourth-order valence-corrected chi connectivity index (χ4v) is 1.71. The fraction of sp³-hybridized carbons (Fsp3) is 0.444. The standard InChI is InChI=1S/C9H15N3O2S/c1-11(2)5-6-15(13,14)9(7-10)8-12(3)4/h5-6,8H,1-4H3. The van der Waals surface area contributed by atoms with Gasteiger partial charge in [-0.25, -0.2) is 8.42 Å². The second-order valence-corrected chi connectivity index (χ2v) is 5.16. The van der Waals surface area contributed by atoms with E-state index in [9.17, 15) is 8.42 Å². The van der Waals surface area contributed by atoms with Gasteiger partial charge in [0.2, 0.25) is 9.84 Å². The average molecular weight is 229 g/mol. The molecule has 0 unspecified atom stereocenters. The van der Waals surface area contributed by atoms with Crippen LogP contribution in [0.25, 0.3) is 0 Å². The normalized spacial score (nSPS) is 12.6. The molecule has 0 bridgehead atoms. The highest BCUT2D eigenvalue weighted by atomic mass is 32.2. The van der Waals surface area contributed by atoms with E-state index in [1.54, 1.807) is 39.2 Å². The molecular weight excluding hydrogens is 214 g/mol. The van der Waals surface area contributed by atoms with E-state index in [0.717, 1.165) is 5.41 Å². The molecular formula is C9H15N3O2S. The Morgan fingerprint density at radius 2 is 1.73 bits per heavy atom. The van der Waals surface area contributed by atoms with Gasteiger partial charge in [0.15, 0.2) is 4.91 Å². The van der Waals surface area contributed by atoms with Crippen LogP contribution >= 0.6 is 0 Å². The molecule has 0 saturated carbocycles. The van der Waals surface area contributed by atoms with Gasteiger partial charge in [0.1, 0.15) is 6.07 Å². The molecule has 6 heteroatoms. The molecule has 0 heterocycles. The van der Waals surface area contributed by atoms with Crippen LogP contribution in [-0.4, -0.2) is 46.4 Å². The molecule has 0 aliphatic rings. The van der Waals surface area contributed by atoms with Crippen LogP contribution in [0.2, 0.25) is 0 Å². The number of hydrogen-bond donors (Lipinski definition) is 0. The average Bonchev–Trinajstić information content (AvgIpc) is 2.10. The van der Waals surface area contributed by atoms with Crippen molar-refractivity contribution in [1.29, 1.82) is 5.26 Å². The van der Waals surface area contributed by atoms with E-state index in [4.69, 9.17) is 5.26 Å². The van der Waals surface area contributed by atoms with Crippen LogP contribution in [0.3, 0.4) is 0 Å². The topological polar surface area (TPSA) is 64.4 Å². The van der Waals surface area contributed by atoms with Gasteiger partial charge < -0.3 is 9.80 Å². The number of rotatable bonds is 4. The van der Waals surface area contributed by atoms with Crippen molar-refractivity contribution in [2.75, 3.05) is 28.2 Å². The summed E-state index contributed by atoms with van der Waals surface area (Å²) in [6.45, 7) is 0.